The monoisotopic (exact) mass is 422 g/mol. The Balaban J connectivity index is 1.56. The number of aryl methyl sites for hydroxylation is 1. The molecule has 0 bridgehead atoms. The Kier molecular flexibility index (Phi) is 6.87. The first-order chi connectivity index (χ1) is 13.4. The molecular formula is C20H28N3O3S2+. The second-order valence-corrected chi connectivity index (χ2v) is 10.3. The smallest absolute Gasteiger partial charge is 0.279 e. The maximum absolute atomic E-state index is 12.7. The highest BCUT2D eigenvalue weighted by Crippen LogP contribution is 2.22. The second-order valence-electron chi connectivity index (χ2n) is 7.37. The summed E-state index contributed by atoms with van der Waals surface area (Å²) in [6, 6.07) is 8.56. The average molecular weight is 423 g/mol. The van der Waals surface area contributed by atoms with Crippen LogP contribution in [0.25, 0.3) is 0 Å². The van der Waals surface area contributed by atoms with Gasteiger partial charge in [0.15, 0.2) is 6.54 Å². The van der Waals surface area contributed by atoms with Crippen molar-refractivity contribution in [1.82, 2.24) is 4.31 Å². The number of sulfonamides is 1. The number of hydrogen-bond acceptors (Lipinski definition) is 4. The quantitative estimate of drug-likeness (QED) is 0.716. The van der Waals surface area contributed by atoms with Gasteiger partial charge in [0.1, 0.15) is 6.54 Å². The third-order valence-corrected chi connectivity index (χ3v) is 7.92. The van der Waals surface area contributed by atoms with Gasteiger partial charge in [-0.15, -0.1) is 11.3 Å². The van der Waals surface area contributed by atoms with Gasteiger partial charge in [-0.1, -0.05) is 6.42 Å². The Labute approximate surface area is 171 Å². The van der Waals surface area contributed by atoms with Gasteiger partial charge in [-0.3, -0.25) is 4.79 Å². The number of carbonyl (C=O) groups excluding carboxylic acids is 1. The Hall–Kier alpha value is -1.74. The lowest BCUT2D eigenvalue weighted by Gasteiger charge is -2.25. The van der Waals surface area contributed by atoms with Crippen molar-refractivity contribution in [3.63, 3.8) is 0 Å². The summed E-state index contributed by atoms with van der Waals surface area (Å²) in [7, 11) is -1.45. The molecule has 2 heterocycles. The van der Waals surface area contributed by atoms with Gasteiger partial charge in [0.25, 0.3) is 5.91 Å². The minimum absolute atomic E-state index is 0.0849. The molecule has 0 radical (unpaired) electrons. The molecular weight excluding hydrogens is 394 g/mol. The number of hydrogen-bond donors (Lipinski definition) is 2. The highest BCUT2D eigenvalue weighted by Gasteiger charge is 2.25. The number of likely N-dealkylation sites (N-methyl/N-ethyl adjacent to an activating group) is 1. The molecule has 0 saturated carbocycles. The minimum Gasteiger partial charge on any atom is -0.325 e. The van der Waals surface area contributed by atoms with Crippen molar-refractivity contribution in [3.05, 3.63) is 46.2 Å². The van der Waals surface area contributed by atoms with Crippen molar-refractivity contribution in [2.24, 2.45) is 0 Å². The van der Waals surface area contributed by atoms with Gasteiger partial charge in [0.05, 0.1) is 16.8 Å². The van der Waals surface area contributed by atoms with E-state index in [1.165, 1.54) is 10.4 Å². The number of benzene rings is 1. The standard InChI is InChI=1S/C20H27N3O3S2/c1-16-10-13-27-19(16)14-22(2)15-20(24)21-17-6-8-18(9-7-17)28(25,26)23-11-4-3-5-12-23/h6-10,13H,3-5,11-12,14-15H2,1-2H3,(H,21,24)/p+1. The summed E-state index contributed by atoms with van der Waals surface area (Å²) in [5, 5.41) is 4.93. The summed E-state index contributed by atoms with van der Waals surface area (Å²) >= 11 is 1.71. The molecule has 6 nitrogen and oxygen atoms in total. The molecule has 8 heteroatoms. The molecule has 1 aliphatic heterocycles. The molecule has 2 aromatic rings. The van der Waals surface area contributed by atoms with Gasteiger partial charge in [0, 0.05) is 18.8 Å². The number of amides is 1. The van der Waals surface area contributed by atoms with Gasteiger partial charge in [-0.2, -0.15) is 4.31 Å². The molecule has 1 amide bonds. The molecule has 0 aliphatic carbocycles. The maximum Gasteiger partial charge on any atom is 0.279 e. The fourth-order valence-corrected chi connectivity index (χ4v) is 5.90. The number of carbonyl (C=O) groups is 1. The molecule has 152 valence electrons. The Morgan fingerprint density at radius 3 is 2.43 bits per heavy atom. The molecule has 0 spiro atoms. The van der Waals surface area contributed by atoms with Crippen LogP contribution in [0.2, 0.25) is 0 Å². The van der Waals surface area contributed by atoms with E-state index >= 15 is 0 Å². The lowest BCUT2D eigenvalue weighted by atomic mass is 10.2. The van der Waals surface area contributed by atoms with Crippen molar-refractivity contribution >= 4 is 33.0 Å². The zero-order valence-electron chi connectivity index (χ0n) is 16.4. The van der Waals surface area contributed by atoms with Gasteiger partial charge < -0.3 is 10.2 Å². The topological polar surface area (TPSA) is 70.9 Å². The van der Waals surface area contributed by atoms with E-state index in [9.17, 15) is 13.2 Å². The normalized spacial score (nSPS) is 16.6. The van der Waals surface area contributed by atoms with Crippen LogP contribution in [-0.2, 0) is 21.4 Å². The maximum atomic E-state index is 12.7. The zero-order valence-corrected chi connectivity index (χ0v) is 18.0. The van der Waals surface area contributed by atoms with E-state index in [-0.39, 0.29) is 10.8 Å². The van der Waals surface area contributed by atoms with E-state index in [0.29, 0.717) is 25.3 Å². The van der Waals surface area contributed by atoms with E-state index in [2.05, 4.69) is 23.7 Å². The van der Waals surface area contributed by atoms with Crippen LogP contribution in [0.5, 0.6) is 0 Å². The molecule has 1 aromatic carbocycles. The third kappa shape index (κ3) is 5.20. The van der Waals surface area contributed by atoms with Gasteiger partial charge in [-0.05, 0) is 61.0 Å². The van der Waals surface area contributed by atoms with E-state index in [1.54, 1.807) is 39.9 Å². The number of nitrogens with zero attached hydrogens (tertiary/aromatic N) is 1. The summed E-state index contributed by atoms with van der Waals surface area (Å²) in [6.07, 6.45) is 2.90. The SMILES string of the molecule is Cc1ccsc1C[NH+](C)CC(=O)Nc1ccc(S(=O)(=O)N2CCCCC2)cc1. The Bertz CT molecular complexity index is 901. The molecule has 2 N–H and O–H groups in total. The Morgan fingerprint density at radius 1 is 1.14 bits per heavy atom. The van der Waals surface area contributed by atoms with Crippen molar-refractivity contribution in [3.8, 4) is 0 Å². The molecule has 28 heavy (non-hydrogen) atoms. The number of rotatable bonds is 7. The lowest BCUT2D eigenvalue weighted by molar-refractivity contribution is -0.884. The van der Waals surface area contributed by atoms with Gasteiger partial charge >= 0.3 is 0 Å². The molecule has 1 unspecified atom stereocenters. The Morgan fingerprint density at radius 2 is 1.82 bits per heavy atom. The highest BCUT2D eigenvalue weighted by atomic mass is 32.2. The number of anilines is 1. The largest absolute Gasteiger partial charge is 0.325 e. The number of piperidine rings is 1. The van der Waals surface area contributed by atoms with Crippen molar-refractivity contribution in [2.75, 3.05) is 32.0 Å². The highest BCUT2D eigenvalue weighted by molar-refractivity contribution is 7.89. The fraction of sp³-hybridized carbons (Fsp3) is 0.450. The zero-order chi connectivity index (χ0) is 20.1. The van der Waals surface area contributed by atoms with Crippen LogP contribution >= 0.6 is 11.3 Å². The van der Waals surface area contributed by atoms with Crippen molar-refractivity contribution in [2.45, 2.75) is 37.6 Å². The third-order valence-electron chi connectivity index (χ3n) is 4.98. The summed E-state index contributed by atoms with van der Waals surface area (Å²) in [4.78, 5) is 15.0. The molecule has 1 aromatic heterocycles. The summed E-state index contributed by atoms with van der Waals surface area (Å²) in [6.45, 7) is 4.41. The van der Waals surface area contributed by atoms with Crippen LogP contribution in [0.1, 0.15) is 29.7 Å². The summed E-state index contributed by atoms with van der Waals surface area (Å²) < 4.78 is 26.9. The van der Waals surface area contributed by atoms with E-state index in [0.717, 1.165) is 30.7 Å². The minimum atomic E-state index is -3.44. The summed E-state index contributed by atoms with van der Waals surface area (Å²) in [5.41, 5.74) is 1.87. The van der Waals surface area contributed by atoms with E-state index in [4.69, 9.17) is 0 Å². The van der Waals surface area contributed by atoms with E-state index in [1.807, 2.05) is 7.05 Å². The van der Waals surface area contributed by atoms with Gasteiger partial charge in [0.2, 0.25) is 10.0 Å². The first-order valence-electron chi connectivity index (χ1n) is 9.60. The van der Waals surface area contributed by atoms with Gasteiger partial charge in [-0.25, -0.2) is 8.42 Å². The van der Waals surface area contributed by atoms with Crippen LogP contribution in [-0.4, -0.2) is 45.3 Å². The number of thiophene rings is 1. The molecule has 1 fully saturated rings. The van der Waals surface area contributed by atoms with Crippen LogP contribution < -0.4 is 10.2 Å². The van der Waals surface area contributed by atoms with Crippen LogP contribution in [0, 0.1) is 6.92 Å². The predicted molar refractivity (Wildman–Crippen MR) is 112 cm³/mol. The molecule has 3 rings (SSSR count). The van der Waals surface area contributed by atoms with Crippen LogP contribution in [0.3, 0.4) is 0 Å². The number of nitrogens with one attached hydrogen (secondary N) is 2. The second kappa shape index (κ2) is 9.17. The molecule has 1 aliphatic rings. The lowest BCUT2D eigenvalue weighted by Crippen LogP contribution is -3.08. The summed E-state index contributed by atoms with van der Waals surface area (Å²) in [5.74, 6) is -0.0849. The molecule has 1 atom stereocenters. The van der Waals surface area contributed by atoms with E-state index < -0.39 is 10.0 Å². The van der Waals surface area contributed by atoms with Crippen LogP contribution in [0.15, 0.2) is 40.6 Å². The fourth-order valence-electron chi connectivity index (χ4n) is 3.37. The van der Waals surface area contributed by atoms with Crippen molar-refractivity contribution < 1.29 is 18.1 Å². The molecule has 1 saturated heterocycles. The van der Waals surface area contributed by atoms with Crippen LogP contribution in [0.4, 0.5) is 5.69 Å². The first-order valence-corrected chi connectivity index (χ1v) is 11.9. The first kappa shape index (κ1) is 21.0. The van der Waals surface area contributed by atoms with Crippen molar-refractivity contribution in [1.29, 1.82) is 0 Å². The average Bonchev–Trinajstić information content (AvgIpc) is 3.07. The number of quaternary nitrogens is 1. The predicted octanol–water partition coefficient (Wildman–Crippen LogP) is 1.88.